The third-order valence-corrected chi connectivity index (χ3v) is 3.48. The smallest absolute Gasteiger partial charge is 0.178 e. The molecule has 2 aromatic rings. The van der Waals surface area contributed by atoms with Crippen LogP contribution in [-0.2, 0) is 0 Å². The Kier molecular flexibility index (Phi) is 2.69. The number of hydrogen-bond donors (Lipinski definition) is 1. The lowest BCUT2D eigenvalue weighted by molar-refractivity contribution is 0.471. The van der Waals surface area contributed by atoms with Gasteiger partial charge in [0.05, 0.1) is 0 Å². The van der Waals surface area contributed by atoms with Gasteiger partial charge in [-0.05, 0) is 53.3 Å². The maximum atomic E-state index is 9.36. The molecule has 0 spiro atoms. The quantitative estimate of drug-likeness (QED) is 0.823. The molecule has 0 aliphatic rings. The minimum absolute atomic E-state index is 0.313. The van der Waals surface area contributed by atoms with E-state index in [-0.39, 0.29) is 0 Å². The fourth-order valence-corrected chi connectivity index (χ4v) is 2.41. The summed E-state index contributed by atoms with van der Waals surface area (Å²) in [6, 6.07) is 5.43. The summed E-state index contributed by atoms with van der Waals surface area (Å²) in [6.07, 6.45) is 0. The Morgan fingerprint density at radius 2 is 2.14 bits per heavy atom. The number of aryl methyl sites for hydroxylation is 1. The lowest BCUT2D eigenvalue weighted by atomic mass is 10.1. The van der Waals surface area contributed by atoms with Crippen molar-refractivity contribution in [3.8, 4) is 16.3 Å². The highest BCUT2D eigenvalue weighted by atomic mass is 127. The van der Waals surface area contributed by atoms with Crippen molar-refractivity contribution in [1.82, 2.24) is 10.2 Å². The number of aromatic hydroxyl groups is 1. The highest BCUT2D eigenvalue weighted by Gasteiger charge is 2.05. The zero-order chi connectivity index (χ0) is 10.1. The number of rotatable bonds is 1. The molecular formula is C9H7IN2OS. The average Bonchev–Trinajstić information content (AvgIpc) is 2.57. The van der Waals surface area contributed by atoms with Crippen LogP contribution in [-0.4, -0.2) is 15.3 Å². The topological polar surface area (TPSA) is 46.0 Å². The van der Waals surface area contributed by atoms with Crippen LogP contribution in [0.4, 0.5) is 0 Å². The SMILES string of the molecule is Cc1cc(-c2nnc(I)s2)ccc1O. The molecule has 0 radical (unpaired) electrons. The minimum Gasteiger partial charge on any atom is -0.508 e. The van der Waals surface area contributed by atoms with Crippen LogP contribution in [0.2, 0.25) is 0 Å². The van der Waals surface area contributed by atoms with Crippen molar-refractivity contribution < 1.29 is 5.11 Å². The van der Waals surface area contributed by atoms with Gasteiger partial charge in [0, 0.05) is 5.56 Å². The van der Waals surface area contributed by atoms with Crippen molar-refractivity contribution in [3.05, 3.63) is 26.8 Å². The molecule has 0 aliphatic carbocycles. The summed E-state index contributed by atoms with van der Waals surface area (Å²) in [7, 11) is 0. The first-order chi connectivity index (χ1) is 6.66. The van der Waals surface area contributed by atoms with E-state index in [0.29, 0.717) is 5.75 Å². The summed E-state index contributed by atoms with van der Waals surface area (Å²) < 4.78 is 0.920. The predicted octanol–water partition coefficient (Wildman–Crippen LogP) is 2.82. The molecule has 72 valence electrons. The van der Waals surface area contributed by atoms with E-state index in [1.165, 1.54) is 11.3 Å². The fourth-order valence-electron chi connectivity index (χ4n) is 1.11. The summed E-state index contributed by atoms with van der Waals surface area (Å²) in [4.78, 5) is 0. The van der Waals surface area contributed by atoms with Gasteiger partial charge in [0.1, 0.15) is 10.8 Å². The fraction of sp³-hybridized carbons (Fsp3) is 0.111. The normalized spacial score (nSPS) is 10.4. The van der Waals surface area contributed by atoms with Crippen molar-refractivity contribution >= 4 is 33.9 Å². The lowest BCUT2D eigenvalue weighted by Gasteiger charge is -1.99. The molecule has 0 atom stereocenters. The number of hydrogen-bond acceptors (Lipinski definition) is 4. The zero-order valence-electron chi connectivity index (χ0n) is 7.36. The Bertz CT molecular complexity index is 470. The second kappa shape index (κ2) is 3.82. The van der Waals surface area contributed by atoms with Gasteiger partial charge in [-0.2, -0.15) is 0 Å². The molecule has 14 heavy (non-hydrogen) atoms. The molecule has 1 N–H and O–H groups in total. The van der Waals surface area contributed by atoms with Crippen molar-refractivity contribution in [2.24, 2.45) is 0 Å². The van der Waals surface area contributed by atoms with Gasteiger partial charge >= 0.3 is 0 Å². The standard InChI is InChI=1S/C9H7IN2OS/c1-5-4-6(2-3-7(5)13)8-11-12-9(10)14-8/h2-4,13H,1H3. The van der Waals surface area contributed by atoms with E-state index in [1.807, 2.05) is 19.1 Å². The molecular weight excluding hydrogens is 311 g/mol. The van der Waals surface area contributed by atoms with Gasteiger partial charge in [-0.15, -0.1) is 10.2 Å². The number of phenols is 1. The molecule has 1 heterocycles. The number of benzene rings is 1. The van der Waals surface area contributed by atoms with E-state index < -0.39 is 0 Å². The molecule has 2 rings (SSSR count). The van der Waals surface area contributed by atoms with Gasteiger partial charge < -0.3 is 5.11 Å². The molecule has 0 saturated carbocycles. The first-order valence-corrected chi connectivity index (χ1v) is 5.85. The van der Waals surface area contributed by atoms with Gasteiger partial charge in [0.15, 0.2) is 3.01 Å². The molecule has 0 unspecified atom stereocenters. The highest BCUT2D eigenvalue weighted by Crippen LogP contribution is 2.27. The molecule has 3 nitrogen and oxygen atoms in total. The van der Waals surface area contributed by atoms with Crippen LogP contribution in [0, 0.1) is 9.94 Å². The molecule has 0 saturated heterocycles. The van der Waals surface area contributed by atoms with Crippen LogP contribution in [0.1, 0.15) is 5.56 Å². The van der Waals surface area contributed by atoms with Crippen LogP contribution in [0.15, 0.2) is 18.2 Å². The van der Waals surface area contributed by atoms with E-state index in [1.54, 1.807) is 6.07 Å². The third kappa shape index (κ3) is 1.88. The van der Waals surface area contributed by atoms with Crippen molar-refractivity contribution in [1.29, 1.82) is 0 Å². The molecule has 1 aromatic heterocycles. The summed E-state index contributed by atoms with van der Waals surface area (Å²) in [5.41, 5.74) is 1.86. The lowest BCUT2D eigenvalue weighted by Crippen LogP contribution is -1.79. The van der Waals surface area contributed by atoms with Crippen LogP contribution < -0.4 is 0 Å². The second-order valence-corrected chi connectivity index (χ2v) is 5.59. The predicted molar refractivity (Wildman–Crippen MR) is 64.5 cm³/mol. The van der Waals surface area contributed by atoms with Crippen molar-refractivity contribution in [3.63, 3.8) is 0 Å². The summed E-state index contributed by atoms with van der Waals surface area (Å²) in [5, 5.41) is 18.2. The number of nitrogens with zero attached hydrogens (tertiary/aromatic N) is 2. The number of aromatic nitrogens is 2. The summed E-state index contributed by atoms with van der Waals surface area (Å²) >= 11 is 3.68. The summed E-state index contributed by atoms with van der Waals surface area (Å²) in [5.74, 6) is 0.313. The number of phenolic OH excluding ortho intramolecular Hbond substituents is 1. The Morgan fingerprint density at radius 1 is 1.36 bits per heavy atom. The highest BCUT2D eigenvalue weighted by molar-refractivity contribution is 14.1. The summed E-state index contributed by atoms with van der Waals surface area (Å²) in [6.45, 7) is 1.87. The van der Waals surface area contributed by atoms with Crippen LogP contribution >= 0.6 is 33.9 Å². The van der Waals surface area contributed by atoms with Crippen LogP contribution in [0.5, 0.6) is 5.75 Å². The Labute approximate surface area is 99.0 Å². The van der Waals surface area contributed by atoms with Crippen molar-refractivity contribution in [2.45, 2.75) is 6.92 Å². The van der Waals surface area contributed by atoms with Gasteiger partial charge in [0.25, 0.3) is 0 Å². The van der Waals surface area contributed by atoms with Gasteiger partial charge in [-0.25, -0.2) is 0 Å². The average molecular weight is 318 g/mol. The van der Waals surface area contributed by atoms with E-state index in [4.69, 9.17) is 0 Å². The molecule has 0 aliphatic heterocycles. The Hall–Kier alpha value is -0.690. The van der Waals surface area contributed by atoms with Crippen molar-refractivity contribution in [2.75, 3.05) is 0 Å². The zero-order valence-corrected chi connectivity index (χ0v) is 10.3. The first-order valence-electron chi connectivity index (χ1n) is 3.96. The molecule has 0 bridgehead atoms. The number of halogens is 1. The van der Waals surface area contributed by atoms with E-state index in [0.717, 1.165) is 19.1 Å². The molecule has 5 heteroatoms. The van der Waals surface area contributed by atoms with E-state index in [2.05, 4.69) is 32.8 Å². The van der Waals surface area contributed by atoms with Gasteiger partial charge in [-0.1, -0.05) is 11.3 Å². The van der Waals surface area contributed by atoms with Crippen LogP contribution in [0.25, 0.3) is 10.6 Å². The Morgan fingerprint density at radius 3 is 2.71 bits per heavy atom. The van der Waals surface area contributed by atoms with Crippen LogP contribution in [0.3, 0.4) is 0 Å². The van der Waals surface area contributed by atoms with E-state index in [9.17, 15) is 5.11 Å². The largest absolute Gasteiger partial charge is 0.508 e. The van der Waals surface area contributed by atoms with Gasteiger partial charge in [0.2, 0.25) is 0 Å². The minimum atomic E-state index is 0.313. The second-order valence-electron chi connectivity index (χ2n) is 2.86. The first kappa shape index (κ1) is 9.85. The maximum absolute atomic E-state index is 9.36. The Balaban J connectivity index is 2.47. The monoisotopic (exact) mass is 318 g/mol. The molecule has 1 aromatic carbocycles. The van der Waals surface area contributed by atoms with Gasteiger partial charge in [-0.3, -0.25) is 0 Å². The maximum Gasteiger partial charge on any atom is 0.178 e. The third-order valence-electron chi connectivity index (χ3n) is 1.84. The molecule has 0 amide bonds. The molecule has 0 fully saturated rings. The van der Waals surface area contributed by atoms with E-state index >= 15 is 0 Å².